The van der Waals surface area contributed by atoms with Gasteiger partial charge in [0.15, 0.2) is 4.90 Å². The van der Waals surface area contributed by atoms with Crippen molar-refractivity contribution in [1.29, 1.82) is 0 Å². The van der Waals surface area contributed by atoms with E-state index in [2.05, 4.69) is 4.72 Å². The lowest BCUT2D eigenvalue weighted by Gasteiger charge is -2.12. The third-order valence-electron chi connectivity index (χ3n) is 2.51. The first-order valence-electron chi connectivity index (χ1n) is 5.58. The topological polar surface area (TPSA) is 106 Å². The number of Topliss-reactive ketones (excluding diaryl/α,β-unsaturated/α-hetero) is 1. The number of carbonyl (C=O) groups is 1. The van der Waals surface area contributed by atoms with E-state index in [1.165, 1.54) is 19.1 Å². The lowest BCUT2D eigenvalue weighted by atomic mass is 10.2. The second-order valence-corrected chi connectivity index (χ2v) is 5.57. The number of benzene rings is 1. The summed E-state index contributed by atoms with van der Waals surface area (Å²) in [4.78, 5) is 20.9. The van der Waals surface area contributed by atoms with E-state index in [0.717, 1.165) is 12.1 Å². The fourth-order valence-corrected chi connectivity index (χ4v) is 2.90. The molecular formula is C11H14N2O5S. The monoisotopic (exact) mass is 286 g/mol. The molecule has 0 aliphatic heterocycles. The van der Waals surface area contributed by atoms with Crippen molar-refractivity contribution in [2.24, 2.45) is 0 Å². The van der Waals surface area contributed by atoms with E-state index in [4.69, 9.17) is 0 Å². The Morgan fingerprint density at radius 1 is 1.42 bits per heavy atom. The van der Waals surface area contributed by atoms with Gasteiger partial charge in [-0.15, -0.1) is 0 Å². The Kier molecular flexibility index (Phi) is 4.73. The highest BCUT2D eigenvalue weighted by molar-refractivity contribution is 7.89. The van der Waals surface area contributed by atoms with Gasteiger partial charge in [0, 0.05) is 12.5 Å². The molecule has 1 rings (SSSR count). The zero-order valence-corrected chi connectivity index (χ0v) is 11.3. The first kappa shape index (κ1) is 15.3. The number of nitro benzene ring substituents is 1. The van der Waals surface area contributed by atoms with Crippen LogP contribution in [0.25, 0.3) is 0 Å². The number of para-hydroxylation sites is 1. The van der Waals surface area contributed by atoms with Gasteiger partial charge in [-0.05, 0) is 13.0 Å². The summed E-state index contributed by atoms with van der Waals surface area (Å²) in [5, 5.41) is 10.8. The van der Waals surface area contributed by atoms with Crippen LogP contribution in [-0.4, -0.2) is 25.2 Å². The second-order valence-electron chi connectivity index (χ2n) is 3.89. The molecule has 19 heavy (non-hydrogen) atoms. The Hall–Kier alpha value is -1.80. The van der Waals surface area contributed by atoms with Crippen molar-refractivity contribution >= 4 is 21.5 Å². The standard InChI is InChI=1S/C11H14N2O5S/c1-3-10(14)8(2)12-19(17,18)11-7-5-4-6-9(11)13(15)16/h4-8,12H,3H2,1-2H3. The van der Waals surface area contributed by atoms with Gasteiger partial charge in [0.25, 0.3) is 5.69 Å². The van der Waals surface area contributed by atoms with Crippen LogP contribution in [0.1, 0.15) is 20.3 Å². The molecule has 0 amide bonds. The summed E-state index contributed by atoms with van der Waals surface area (Å²) in [6.07, 6.45) is 0.181. The predicted molar refractivity (Wildman–Crippen MR) is 68.2 cm³/mol. The maximum atomic E-state index is 12.0. The molecule has 0 bridgehead atoms. The van der Waals surface area contributed by atoms with E-state index in [1.54, 1.807) is 6.92 Å². The Balaban J connectivity index is 3.15. The van der Waals surface area contributed by atoms with E-state index >= 15 is 0 Å². The summed E-state index contributed by atoms with van der Waals surface area (Å²) in [7, 11) is -4.10. The van der Waals surface area contributed by atoms with E-state index < -0.39 is 31.6 Å². The lowest BCUT2D eigenvalue weighted by molar-refractivity contribution is -0.387. The van der Waals surface area contributed by atoms with Gasteiger partial charge in [0.2, 0.25) is 10.0 Å². The summed E-state index contributed by atoms with van der Waals surface area (Å²) in [5.41, 5.74) is -0.522. The molecule has 0 saturated carbocycles. The number of nitrogens with zero attached hydrogens (tertiary/aromatic N) is 1. The van der Waals surface area contributed by atoms with Gasteiger partial charge in [-0.25, -0.2) is 13.1 Å². The van der Waals surface area contributed by atoms with E-state index in [0.29, 0.717) is 0 Å². The highest BCUT2D eigenvalue weighted by Gasteiger charge is 2.27. The van der Waals surface area contributed by atoms with Crippen LogP contribution in [0.3, 0.4) is 0 Å². The average Bonchev–Trinajstić information content (AvgIpc) is 2.37. The van der Waals surface area contributed by atoms with Gasteiger partial charge in [-0.3, -0.25) is 14.9 Å². The number of hydrogen-bond donors (Lipinski definition) is 1. The van der Waals surface area contributed by atoms with Crippen molar-refractivity contribution in [3.05, 3.63) is 34.4 Å². The van der Waals surface area contributed by atoms with Crippen LogP contribution >= 0.6 is 0 Å². The smallest absolute Gasteiger partial charge is 0.289 e. The van der Waals surface area contributed by atoms with Crippen LogP contribution in [0, 0.1) is 10.1 Å². The fourth-order valence-electron chi connectivity index (χ4n) is 1.50. The van der Waals surface area contributed by atoms with Gasteiger partial charge in [0.1, 0.15) is 5.78 Å². The molecule has 1 aromatic carbocycles. The number of hydrogen-bond acceptors (Lipinski definition) is 5. The van der Waals surface area contributed by atoms with E-state index in [9.17, 15) is 23.3 Å². The van der Waals surface area contributed by atoms with Crippen molar-refractivity contribution < 1.29 is 18.1 Å². The maximum Gasteiger partial charge on any atom is 0.289 e. The van der Waals surface area contributed by atoms with E-state index in [-0.39, 0.29) is 12.2 Å². The Morgan fingerprint density at radius 2 is 2.00 bits per heavy atom. The minimum Gasteiger partial charge on any atom is -0.298 e. The Morgan fingerprint density at radius 3 is 2.53 bits per heavy atom. The van der Waals surface area contributed by atoms with Gasteiger partial charge in [0.05, 0.1) is 11.0 Å². The first-order valence-corrected chi connectivity index (χ1v) is 7.06. The molecule has 0 aliphatic rings. The van der Waals surface area contributed by atoms with Crippen LogP contribution in [0.15, 0.2) is 29.2 Å². The molecule has 0 fully saturated rings. The largest absolute Gasteiger partial charge is 0.298 e. The van der Waals surface area contributed by atoms with Crippen LogP contribution in [0.2, 0.25) is 0 Å². The lowest BCUT2D eigenvalue weighted by Crippen LogP contribution is -2.38. The highest BCUT2D eigenvalue weighted by Crippen LogP contribution is 2.22. The summed E-state index contributed by atoms with van der Waals surface area (Å²) in [6, 6.07) is 4.06. The molecule has 1 unspecified atom stereocenters. The molecule has 1 atom stereocenters. The predicted octanol–water partition coefficient (Wildman–Crippen LogP) is 1.24. The van der Waals surface area contributed by atoms with Crippen molar-refractivity contribution in [3.63, 3.8) is 0 Å². The van der Waals surface area contributed by atoms with Gasteiger partial charge in [-0.2, -0.15) is 0 Å². The number of rotatable bonds is 6. The fraction of sp³-hybridized carbons (Fsp3) is 0.364. The molecule has 1 aromatic rings. The molecule has 0 heterocycles. The molecule has 0 saturated heterocycles. The second kappa shape index (κ2) is 5.89. The molecule has 8 heteroatoms. The molecule has 0 aromatic heterocycles. The summed E-state index contributed by atoms with van der Waals surface area (Å²) in [5.74, 6) is -0.290. The maximum absolute atomic E-state index is 12.0. The zero-order chi connectivity index (χ0) is 14.6. The van der Waals surface area contributed by atoms with Gasteiger partial charge >= 0.3 is 0 Å². The van der Waals surface area contributed by atoms with Gasteiger partial charge < -0.3 is 0 Å². The first-order chi connectivity index (χ1) is 8.79. The average molecular weight is 286 g/mol. The molecule has 1 N–H and O–H groups in total. The third kappa shape index (κ3) is 3.58. The molecule has 0 aliphatic carbocycles. The summed E-state index contributed by atoms with van der Waals surface area (Å²) >= 11 is 0. The number of ketones is 1. The molecule has 0 radical (unpaired) electrons. The minimum absolute atomic E-state index is 0.181. The van der Waals surface area contributed by atoms with Crippen LogP contribution < -0.4 is 4.72 Å². The molecule has 104 valence electrons. The molecular weight excluding hydrogens is 272 g/mol. The van der Waals surface area contributed by atoms with Crippen LogP contribution in [0.4, 0.5) is 5.69 Å². The van der Waals surface area contributed by atoms with Crippen molar-refractivity contribution in [2.45, 2.75) is 31.2 Å². The van der Waals surface area contributed by atoms with Crippen molar-refractivity contribution in [3.8, 4) is 0 Å². The quantitative estimate of drug-likeness (QED) is 0.625. The zero-order valence-electron chi connectivity index (χ0n) is 10.5. The summed E-state index contributed by atoms with van der Waals surface area (Å²) < 4.78 is 26.2. The van der Waals surface area contributed by atoms with E-state index in [1.807, 2.05) is 0 Å². The number of nitrogens with one attached hydrogen (secondary N) is 1. The third-order valence-corrected chi connectivity index (χ3v) is 4.10. The number of nitro groups is 1. The Bertz CT molecular complexity index is 597. The van der Waals surface area contributed by atoms with Gasteiger partial charge in [-0.1, -0.05) is 19.1 Å². The van der Waals surface area contributed by atoms with Crippen molar-refractivity contribution in [1.82, 2.24) is 4.72 Å². The highest BCUT2D eigenvalue weighted by atomic mass is 32.2. The molecule has 7 nitrogen and oxygen atoms in total. The molecule has 0 spiro atoms. The van der Waals surface area contributed by atoms with Crippen molar-refractivity contribution in [2.75, 3.05) is 0 Å². The number of sulfonamides is 1. The normalized spacial score (nSPS) is 12.9. The Labute approximate surface area is 110 Å². The van der Waals surface area contributed by atoms with Crippen LogP contribution in [0.5, 0.6) is 0 Å². The minimum atomic E-state index is -4.10. The number of carbonyl (C=O) groups excluding carboxylic acids is 1. The summed E-state index contributed by atoms with van der Waals surface area (Å²) in [6.45, 7) is 3.01. The SMILES string of the molecule is CCC(=O)C(C)NS(=O)(=O)c1ccccc1[N+](=O)[O-]. The van der Waals surface area contributed by atoms with Crippen LogP contribution in [-0.2, 0) is 14.8 Å².